The second-order valence-electron chi connectivity index (χ2n) is 5.10. The lowest BCUT2D eigenvalue weighted by atomic mass is 9.98. The summed E-state index contributed by atoms with van der Waals surface area (Å²) in [5.74, 6) is 0. The highest BCUT2D eigenvalue weighted by Crippen LogP contribution is 2.29. The van der Waals surface area contributed by atoms with Crippen LogP contribution in [0.25, 0.3) is 10.8 Å². The molecular formula is C16H19NO. The minimum Gasteiger partial charge on any atom is -0.368 e. The van der Waals surface area contributed by atoms with Crippen LogP contribution in [-0.2, 0) is 4.74 Å². The maximum Gasteiger partial charge on any atom is 0.0959 e. The molecule has 0 bridgehead atoms. The van der Waals surface area contributed by atoms with Gasteiger partial charge in [0.05, 0.1) is 12.2 Å². The molecule has 0 amide bonds. The summed E-state index contributed by atoms with van der Waals surface area (Å²) in [5, 5.41) is 6.10. The predicted octanol–water partition coefficient (Wildman–Crippen LogP) is 3.28. The van der Waals surface area contributed by atoms with Crippen LogP contribution in [-0.4, -0.2) is 18.7 Å². The van der Waals surface area contributed by atoms with Gasteiger partial charge in [-0.25, -0.2) is 0 Å². The molecule has 1 fully saturated rings. The molecule has 1 heterocycles. The van der Waals surface area contributed by atoms with Crippen LogP contribution in [0, 0.1) is 0 Å². The van der Waals surface area contributed by atoms with Crippen LogP contribution in [0.15, 0.2) is 42.5 Å². The maximum atomic E-state index is 6.13. The van der Waals surface area contributed by atoms with Gasteiger partial charge in [-0.05, 0) is 30.2 Å². The van der Waals surface area contributed by atoms with Gasteiger partial charge in [-0.3, -0.25) is 0 Å². The molecule has 2 aromatic rings. The molecule has 3 rings (SSSR count). The molecule has 1 aliphatic heterocycles. The number of hydrogen-bond donors (Lipinski definition) is 1. The Balaban J connectivity index is 1.99. The Morgan fingerprint density at radius 2 is 1.83 bits per heavy atom. The molecule has 94 valence electrons. The maximum absolute atomic E-state index is 6.13. The lowest BCUT2D eigenvalue weighted by Gasteiger charge is -2.34. The summed E-state index contributed by atoms with van der Waals surface area (Å²) in [6.45, 7) is 5.19. The standard InChI is InChI=1S/C16H19NO/c1-11-12(2)18-16(10-17-11)15-9-5-7-13-6-3-4-8-14(13)15/h3-9,11-12,16-17H,10H2,1-2H3. The van der Waals surface area contributed by atoms with Gasteiger partial charge in [0.15, 0.2) is 0 Å². The van der Waals surface area contributed by atoms with Crippen LogP contribution in [0.4, 0.5) is 0 Å². The van der Waals surface area contributed by atoms with Gasteiger partial charge in [0.1, 0.15) is 0 Å². The molecule has 3 unspecified atom stereocenters. The Bertz CT molecular complexity index is 546. The van der Waals surface area contributed by atoms with Crippen molar-refractivity contribution in [2.45, 2.75) is 32.1 Å². The molecule has 3 atom stereocenters. The van der Waals surface area contributed by atoms with E-state index in [4.69, 9.17) is 4.74 Å². The fourth-order valence-electron chi connectivity index (χ4n) is 2.60. The van der Waals surface area contributed by atoms with E-state index in [0.29, 0.717) is 6.04 Å². The van der Waals surface area contributed by atoms with E-state index in [2.05, 4.69) is 61.6 Å². The molecule has 1 N–H and O–H groups in total. The van der Waals surface area contributed by atoms with Gasteiger partial charge >= 0.3 is 0 Å². The fourth-order valence-corrected chi connectivity index (χ4v) is 2.60. The van der Waals surface area contributed by atoms with E-state index in [0.717, 1.165) is 6.54 Å². The third-order valence-electron chi connectivity index (χ3n) is 3.88. The summed E-state index contributed by atoms with van der Waals surface area (Å²) >= 11 is 0. The third kappa shape index (κ3) is 2.02. The van der Waals surface area contributed by atoms with Crippen molar-refractivity contribution in [3.05, 3.63) is 48.0 Å². The molecular weight excluding hydrogens is 222 g/mol. The minimum atomic E-state index is 0.155. The second-order valence-corrected chi connectivity index (χ2v) is 5.10. The molecule has 0 radical (unpaired) electrons. The number of benzene rings is 2. The number of fused-ring (bicyclic) bond motifs is 1. The van der Waals surface area contributed by atoms with Crippen molar-refractivity contribution >= 4 is 10.8 Å². The van der Waals surface area contributed by atoms with Crippen LogP contribution >= 0.6 is 0 Å². The normalized spacial score (nSPS) is 28.4. The van der Waals surface area contributed by atoms with E-state index in [-0.39, 0.29) is 12.2 Å². The predicted molar refractivity (Wildman–Crippen MR) is 74.7 cm³/mol. The van der Waals surface area contributed by atoms with Crippen molar-refractivity contribution < 1.29 is 4.74 Å². The molecule has 0 aromatic heterocycles. The van der Waals surface area contributed by atoms with Crippen molar-refractivity contribution in [3.8, 4) is 0 Å². The molecule has 18 heavy (non-hydrogen) atoms. The van der Waals surface area contributed by atoms with Gasteiger partial charge in [0, 0.05) is 12.6 Å². The Kier molecular flexibility index (Phi) is 3.06. The van der Waals surface area contributed by atoms with Crippen LogP contribution in [0.3, 0.4) is 0 Å². The first-order valence-corrected chi connectivity index (χ1v) is 6.62. The summed E-state index contributed by atoms with van der Waals surface area (Å²) < 4.78 is 6.13. The summed E-state index contributed by atoms with van der Waals surface area (Å²) in [5.41, 5.74) is 1.29. The van der Waals surface area contributed by atoms with Crippen molar-refractivity contribution in [2.75, 3.05) is 6.54 Å². The zero-order valence-corrected chi connectivity index (χ0v) is 10.9. The number of morpholine rings is 1. The van der Waals surface area contributed by atoms with E-state index in [1.165, 1.54) is 16.3 Å². The molecule has 0 saturated carbocycles. The SMILES string of the molecule is CC1NCC(c2cccc3ccccc23)OC1C. The van der Waals surface area contributed by atoms with Crippen LogP contribution < -0.4 is 5.32 Å². The van der Waals surface area contributed by atoms with Gasteiger partial charge < -0.3 is 10.1 Å². The number of hydrogen-bond acceptors (Lipinski definition) is 2. The minimum absolute atomic E-state index is 0.155. The van der Waals surface area contributed by atoms with Crippen LogP contribution in [0.1, 0.15) is 25.5 Å². The Hall–Kier alpha value is -1.38. The lowest BCUT2D eigenvalue weighted by Crippen LogP contribution is -2.46. The smallest absolute Gasteiger partial charge is 0.0959 e. The summed E-state index contributed by atoms with van der Waals surface area (Å²) in [4.78, 5) is 0. The first-order chi connectivity index (χ1) is 8.75. The van der Waals surface area contributed by atoms with Gasteiger partial charge in [-0.1, -0.05) is 42.5 Å². The van der Waals surface area contributed by atoms with E-state index in [1.54, 1.807) is 0 Å². The van der Waals surface area contributed by atoms with Crippen LogP contribution in [0.5, 0.6) is 0 Å². The zero-order valence-electron chi connectivity index (χ0n) is 10.9. The lowest BCUT2D eigenvalue weighted by molar-refractivity contribution is -0.0502. The van der Waals surface area contributed by atoms with Crippen LogP contribution in [0.2, 0.25) is 0 Å². The average molecular weight is 241 g/mol. The summed E-state index contributed by atoms with van der Waals surface area (Å²) in [6, 6.07) is 15.4. The molecule has 1 saturated heterocycles. The number of ether oxygens (including phenoxy) is 1. The van der Waals surface area contributed by atoms with Crippen molar-refractivity contribution in [1.29, 1.82) is 0 Å². The quantitative estimate of drug-likeness (QED) is 0.827. The topological polar surface area (TPSA) is 21.3 Å². The largest absolute Gasteiger partial charge is 0.368 e. The van der Waals surface area contributed by atoms with Crippen molar-refractivity contribution in [3.63, 3.8) is 0 Å². The molecule has 0 aliphatic carbocycles. The highest BCUT2D eigenvalue weighted by Gasteiger charge is 2.26. The number of rotatable bonds is 1. The first-order valence-electron chi connectivity index (χ1n) is 6.62. The number of nitrogens with one attached hydrogen (secondary N) is 1. The summed E-state index contributed by atoms with van der Waals surface area (Å²) in [6.07, 6.45) is 0.407. The van der Waals surface area contributed by atoms with Gasteiger partial charge in [0.25, 0.3) is 0 Å². The van der Waals surface area contributed by atoms with E-state index in [9.17, 15) is 0 Å². The van der Waals surface area contributed by atoms with Crippen molar-refractivity contribution in [1.82, 2.24) is 5.32 Å². The molecule has 1 aliphatic rings. The molecule has 2 nitrogen and oxygen atoms in total. The van der Waals surface area contributed by atoms with Crippen molar-refractivity contribution in [2.24, 2.45) is 0 Å². The Morgan fingerprint density at radius 1 is 1.06 bits per heavy atom. The first kappa shape index (κ1) is 11.7. The third-order valence-corrected chi connectivity index (χ3v) is 3.88. The highest BCUT2D eigenvalue weighted by molar-refractivity contribution is 5.86. The van der Waals surface area contributed by atoms with E-state index < -0.39 is 0 Å². The Labute approximate surface area is 108 Å². The van der Waals surface area contributed by atoms with E-state index >= 15 is 0 Å². The monoisotopic (exact) mass is 241 g/mol. The molecule has 0 spiro atoms. The van der Waals surface area contributed by atoms with Gasteiger partial charge in [0.2, 0.25) is 0 Å². The summed E-state index contributed by atoms with van der Waals surface area (Å²) in [7, 11) is 0. The highest BCUT2D eigenvalue weighted by atomic mass is 16.5. The van der Waals surface area contributed by atoms with E-state index in [1.807, 2.05) is 0 Å². The zero-order chi connectivity index (χ0) is 12.5. The second kappa shape index (κ2) is 4.71. The fraction of sp³-hybridized carbons (Fsp3) is 0.375. The van der Waals surface area contributed by atoms with Gasteiger partial charge in [-0.2, -0.15) is 0 Å². The molecule has 2 aromatic carbocycles. The Morgan fingerprint density at radius 3 is 2.67 bits per heavy atom. The molecule has 2 heteroatoms. The average Bonchev–Trinajstić information content (AvgIpc) is 2.41. The van der Waals surface area contributed by atoms with Gasteiger partial charge in [-0.15, -0.1) is 0 Å².